The van der Waals surface area contributed by atoms with E-state index in [9.17, 15) is 9.90 Å². The number of phenols is 1. The number of hydrogen-bond acceptors (Lipinski definition) is 2. The van der Waals surface area contributed by atoms with Gasteiger partial charge in [0.05, 0.1) is 5.56 Å². The molecule has 0 aliphatic heterocycles. The fraction of sp³-hybridized carbons (Fsp3) is 0.400. The number of hydrogen-bond donors (Lipinski definition) is 2. The minimum atomic E-state index is -0.828. The van der Waals surface area contributed by atoms with E-state index in [1.54, 1.807) is 18.2 Å². The van der Waals surface area contributed by atoms with Gasteiger partial charge >= 0.3 is 5.97 Å². The Labute approximate surface area is 107 Å². The molecule has 0 aromatic heterocycles. The fourth-order valence-corrected chi connectivity index (χ4v) is 1.34. The molecular formula is C15H18O3. The maximum atomic E-state index is 10.5. The molecule has 3 nitrogen and oxygen atoms in total. The smallest absolute Gasteiger partial charge is 0.303 e. The number of carbonyl (C=O) groups is 1. The first-order valence-corrected chi connectivity index (χ1v) is 5.85. The van der Waals surface area contributed by atoms with Gasteiger partial charge in [0.25, 0.3) is 0 Å². The predicted molar refractivity (Wildman–Crippen MR) is 70.4 cm³/mol. The summed E-state index contributed by atoms with van der Waals surface area (Å²) in [5.41, 5.74) is 1.28. The summed E-state index contributed by atoms with van der Waals surface area (Å²) in [7, 11) is 0. The zero-order valence-electron chi connectivity index (χ0n) is 10.9. The van der Waals surface area contributed by atoms with Gasteiger partial charge in [0.2, 0.25) is 0 Å². The van der Waals surface area contributed by atoms with Gasteiger partial charge < -0.3 is 10.2 Å². The van der Waals surface area contributed by atoms with Gasteiger partial charge in [-0.1, -0.05) is 17.9 Å². The Morgan fingerprint density at radius 2 is 2.00 bits per heavy atom. The van der Waals surface area contributed by atoms with Crippen molar-refractivity contribution in [3.63, 3.8) is 0 Å². The molecule has 0 radical (unpaired) electrons. The molecule has 0 heterocycles. The molecule has 96 valence electrons. The molecule has 1 aromatic rings. The van der Waals surface area contributed by atoms with E-state index >= 15 is 0 Å². The summed E-state index contributed by atoms with van der Waals surface area (Å²) >= 11 is 0. The van der Waals surface area contributed by atoms with Gasteiger partial charge in [-0.2, -0.15) is 0 Å². The number of benzene rings is 1. The molecule has 0 fully saturated rings. The summed E-state index contributed by atoms with van der Waals surface area (Å²) in [4.78, 5) is 10.5. The van der Waals surface area contributed by atoms with E-state index in [0.29, 0.717) is 12.0 Å². The second-order valence-electron chi connectivity index (χ2n) is 5.25. The summed E-state index contributed by atoms with van der Waals surface area (Å²) in [5.74, 6) is 5.28. The maximum absolute atomic E-state index is 10.5. The Balaban J connectivity index is 2.93. The highest BCUT2D eigenvalue weighted by Crippen LogP contribution is 2.19. The van der Waals surface area contributed by atoms with Crippen LogP contribution in [0.5, 0.6) is 5.75 Å². The van der Waals surface area contributed by atoms with Gasteiger partial charge in [-0.25, -0.2) is 0 Å². The van der Waals surface area contributed by atoms with E-state index in [4.69, 9.17) is 5.11 Å². The second-order valence-corrected chi connectivity index (χ2v) is 5.25. The highest BCUT2D eigenvalue weighted by atomic mass is 16.4. The van der Waals surface area contributed by atoms with E-state index in [0.717, 1.165) is 5.56 Å². The van der Waals surface area contributed by atoms with Crippen LogP contribution in [0.2, 0.25) is 0 Å². The monoisotopic (exact) mass is 246 g/mol. The third-order valence-electron chi connectivity index (χ3n) is 2.26. The molecule has 1 rings (SSSR count). The normalized spacial score (nSPS) is 10.6. The second kappa shape index (κ2) is 5.59. The molecule has 0 saturated heterocycles. The summed E-state index contributed by atoms with van der Waals surface area (Å²) in [5, 5.41) is 18.3. The minimum Gasteiger partial charge on any atom is -0.507 e. The third kappa shape index (κ3) is 4.92. The van der Waals surface area contributed by atoms with Crippen LogP contribution in [0.1, 0.15) is 38.3 Å². The Hall–Kier alpha value is -1.95. The average molecular weight is 246 g/mol. The predicted octanol–water partition coefficient (Wildman–Crippen LogP) is 2.81. The van der Waals surface area contributed by atoms with Crippen molar-refractivity contribution < 1.29 is 15.0 Å². The van der Waals surface area contributed by atoms with Crippen LogP contribution < -0.4 is 0 Å². The molecule has 2 N–H and O–H groups in total. The first-order chi connectivity index (χ1) is 8.28. The van der Waals surface area contributed by atoms with Crippen molar-refractivity contribution in [2.45, 2.75) is 33.6 Å². The average Bonchev–Trinajstić information content (AvgIpc) is 2.25. The molecule has 0 unspecified atom stereocenters. The highest BCUT2D eigenvalue weighted by molar-refractivity contribution is 5.67. The number of phenolic OH excluding ortho intramolecular Hbond substituents is 1. The number of carboxylic acids is 1. The van der Waals surface area contributed by atoms with Crippen molar-refractivity contribution >= 4 is 5.97 Å². The number of aryl methyl sites for hydroxylation is 1. The van der Waals surface area contributed by atoms with Crippen molar-refractivity contribution in [2.75, 3.05) is 0 Å². The fourth-order valence-electron chi connectivity index (χ4n) is 1.34. The molecule has 18 heavy (non-hydrogen) atoms. The van der Waals surface area contributed by atoms with Crippen LogP contribution in [-0.4, -0.2) is 16.2 Å². The zero-order valence-corrected chi connectivity index (χ0v) is 10.9. The van der Waals surface area contributed by atoms with E-state index in [1.165, 1.54) is 0 Å². The standard InChI is InChI=1S/C15H18O3/c1-15(2,3)9-8-12-10-11(4-6-13(12)16)5-7-14(17)18/h4,6,10,16H,5,7H2,1-3H3,(H,17,18). The Kier molecular flexibility index (Phi) is 4.38. The van der Waals surface area contributed by atoms with Crippen molar-refractivity contribution in [1.29, 1.82) is 0 Å². The van der Waals surface area contributed by atoms with Crippen molar-refractivity contribution in [3.05, 3.63) is 29.3 Å². The van der Waals surface area contributed by atoms with Crippen LogP contribution >= 0.6 is 0 Å². The molecule has 0 aliphatic carbocycles. The van der Waals surface area contributed by atoms with Crippen LogP contribution in [0.4, 0.5) is 0 Å². The lowest BCUT2D eigenvalue weighted by atomic mass is 9.97. The summed E-state index contributed by atoms with van der Waals surface area (Å²) in [6, 6.07) is 5.03. The molecular weight excluding hydrogens is 228 g/mol. The van der Waals surface area contributed by atoms with E-state index in [-0.39, 0.29) is 17.6 Å². The summed E-state index contributed by atoms with van der Waals surface area (Å²) in [6.45, 7) is 5.97. The molecule has 0 atom stereocenters. The Bertz CT molecular complexity index is 499. The third-order valence-corrected chi connectivity index (χ3v) is 2.26. The van der Waals surface area contributed by atoms with Crippen LogP contribution in [0.25, 0.3) is 0 Å². The number of aliphatic carboxylic acids is 1. The van der Waals surface area contributed by atoms with E-state index in [1.807, 2.05) is 20.8 Å². The zero-order chi connectivity index (χ0) is 13.8. The van der Waals surface area contributed by atoms with Crippen LogP contribution in [0.3, 0.4) is 0 Å². The summed E-state index contributed by atoms with van der Waals surface area (Å²) in [6.07, 6.45) is 0.525. The quantitative estimate of drug-likeness (QED) is 0.806. The lowest BCUT2D eigenvalue weighted by Gasteiger charge is -2.07. The Morgan fingerprint density at radius 3 is 2.56 bits per heavy atom. The van der Waals surface area contributed by atoms with Gasteiger partial charge in [-0.15, -0.1) is 0 Å². The van der Waals surface area contributed by atoms with Crippen LogP contribution in [0, 0.1) is 17.3 Å². The van der Waals surface area contributed by atoms with Crippen LogP contribution in [0.15, 0.2) is 18.2 Å². The van der Waals surface area contributed by atoms with E-state index in [2.05, 4.69) is 11.8 Å². The SMILES string of the molecule is CC(C)(C)C#Cc1cc(CCC(=O)O)ccc1O. The molecule has 0 amide bonds. The largest absolute Gasteiger partial charge is 0.507 e. The van der Waals surface area contributed by atoms with Gasteiger partial charge in [-0.3, -0.25) is 4.79 Å². The molecule has 3 heteroatoms. The molecule has 0 aliphatic rings. The lowest BCUT2D eigenvalue weighted by Crippen LogP contribution is -2.00. The maximum Gasteiger partial charge on any atom is 0.303 e. The number of rotatable bonds is 3. The summed E-state index contributed by atoms with van der Waals surface area (Å²) < 4.78 is 0. The van der Waals surface area contributed by atoms with Gasteiger partial charge in [0.15, 0.2) is 0 Å². The van der Waals surface area contributed by atoms with Crippen LogP contribution in [-0.2, 0) is 11.2 Å². The lowest BCUT2D eigenvalue weighted by molar-refractivity contribution is -0.136. The first-order valence-electron chi connectivity index (χ1n) is 5.85. The first kappa shape index (κ1) is 14.1. The minimum absolute atomic E-state index is 0.0803. The van der Waals surface area contributed by atoms with Crippen molar-refractivity contribution in [3.8, 4) is 17.6 Å². The molecule has 0 saturated carbocycles. The number of carboxylic acid groups (broad SMARTS) is 1. The Morgan fingerprint density at radius 1 is 1.33 bits per heavy atom. The van der Waals surface area contributed by atoms with Gasteiger partial charge in [-0.05, 0) is 44.9 Å². The topological polar surface area (TPSA) is 57.5 Å². The molecule has 0 bridgehead atoms. The molecule has 1 aromatic carbocycles. The number of aromatic hydroxyl groups is 1. The van der Waals surface area contributed by atoms with Gasteiger partial charge in [0, 0.05) is 11.8 Å². The molecule has 0 spiro atoms. The van der Waals surface area contributed by atoms with E-state index < -0.39 is 5.97 Å². The van der Waals surface area contributed by atoms with Crippen molar-refractivity contribution in [1.82, 2.24) is 0 Å². The van der Waals surface area contributed by atoms with Crippen molar-refractivity contribution in [2.24, 2.45) is 5.41 Å². The highest BCUT2D eigenvalue weighted by Gasteiger charge is 2.06. The van der Waals surface area contributed by atoms with Gasteiger partial charge in [0.1, 0.15) is 5.75 Å².